The summed E-state index contributed by atoms with van der Waals surface area (Å²) in [5.74, 6) is 1.20. The molecule has 0 radical (unpaired) electrons. The van der Waals surface area contributed by atoms with Crippen LogP contribution in [0.25, 0.3) is 22.5 Å². The zero-order chi connectivity index (χ0) is 22.3. The average molecular weight is 448 g/mol. The van der Waals surface area contributed by atoms with Gasteiger partial charge in [0.15, 0.2) is 11.5 Å². The van der Waals surface area contributed by atoms with Gasteiger partial charge in [-0.05, 0) is 51.0 Å². The van der Waals surface area contributed by atoms with Crippen LogP contribution in [0.1, 0.15) is 24.0 Å². The maximum atomic E-state index is 11.9. The van der Waals surface area contributed by atoms with Gasteiger partial charge in [0.1, 0.15) is 17.1 Å². The lowest BCUT2D eigenvalue weighted by molar-refractivity contribution is 0.181. The largest absolute Gasteiger partial charge is 0.507 e. The van der Waals surface area contributed by atoms with E-state index in [2.05, 4.69) is 0 Å². The third-order valence-corrected chi connectivity index (χ3v) is 6.97. The van der Waals surface area contributed by atoms with Crippen LogP contribution in [0.3, 0.4) is 0 Å². The van der Waals surface area contributed by atoms with E-state index >= 15 is 0 Å². The van der Waals surface area contributed by atoms with Gasteiger partial charge in [-0.2, -0.15) is 0 Å². The highest BCUT2D eigenvalue weighted by Gasteiger charge is 2.26. The van der Waals surface area contributed by atoms with E-state index in [0.29, 0.717) is 42.4 Å². The van der Waals surface area contributed by atoms with E-state index in [1.54, 1.807) is 25.1 Å². The number of aromatic hydroxyl groups is 1. The molecule has 1 fully saturated rings. The predicted molar refractivity (Wildman–Crippen MR) is 116 cm³/mol. The Labute approximate surface area is 180 Å². The molecule has 1 saturated heterocycles. The second-order valence-electron chi connectivity index (χ2n) is 8.07. The molecule has 2 aromatic heterocycles. The Balaban J connectivity index is 1.53. The Bertz CT molecular complexity index is 1290. The normalized spacial score (nSPS) is 17.8. The standard InChI is InChI=1S/C22H25NO7S/c1-13-20(24)14(2)22(25)30-21(13)19-10-16-9-17(6-7-18(16)29-19)28-12-15-5-4-8-23(11-15)31(3,26)27/h6-7,9-10,15,24H,4-5,8,11-12H2,1-3H3. The predicted octanol–water partition coefficient (Wildman–Crippen LogP) is 3.43. The SMILES string of the molecule is Cc1c(-c2cc3cc(OCC4CCCN(S(C)(=O)=O)C4)ccc3o2)oc(=O)c(C)c1O. The Morgan fingerprint density at radius 2 is 1.97 bits per heavy atom. The lowest BCUT2D eigenvalue weighted by Crippen LogP contribution is -2.40. The number of hydrogen-bond donors (Lipinski definition) is 1. The van der Waals surface area contributed by atoms with Gasteiger partial charge in [0.05, 0.1) is 18.4 Å². The van der Waals surface area contributed by atoms with Gasteiger partial charge in [-0.15, -0.1) is 0 Å². The molecule has 0 amide bonds. The number of nitrogens with zero attached hydrogens (tertiary/aromatic N) is 1. The molecule has 8 nitrogen and oxygen atoms in total. The molecule has 4 rings (SSSR count). The zero-order valence-corrected chi connectivity index (χ0v) is 18.5. The number of fused-ring (bicyclic) bond motifs is 1. The van der Waals surface area contributed by atoms with Gasteiger partial charge in [-0.25, -0.2) is 17.5 Å². The van der Waals surface area contributed by atoms with E-state index in [9.17, 15) is 18.3 Å². The molecule has 0 spiro atoms. The summed E-state index contributed by atoms with van der Waals surface area (Å²) in [6.45, 7) is 4.60. The molecule has 1 N–H and O–H groups in total. The first-order chi connectivity index (χ1) is 14.6. The van der Waals surface area contributed by atoms with Crippen molar-refractivity contribution < 1.29 is 27.1 Å². The van der Waals surface area contributed by atoms with Crippen LogP contribution in [0.4, 0.5) is 0 Å². The second kappa shape index (κ2) is 8.05. The highest BCUT2D eigenvalue weighted by atomic mass is 32.2. The Morgan fingerprint density at radius 1 is 1.19 bits per heavy atom. The quantitative estimate of drug-likeness (QED) is 0.638. The number of sulfonamides is 1. The van der Waals surface area contributed by atoms with Crippen molar-refractivity contribution in [1.29, 1.82) is 0 Å². The highest BCUT2D eigenvalue weighted by Crippen LogP contribution is 2.34. The van der Waals surface area contributed by atoms with Gasteiger partial charge in [0.25, 0.3) is 0 Å². The topological polar surface area (TPSA) is 110 Å². The van der Waals surface area contributed by atoms with Crippen molar-refractivity contribution in [2.75, 3.05) is 26.0 Å². The number of hydrogen-bond acceptors (Lipinski definition) is 7. The third-order valence-electron chi connectivity index (χ3n) is 5.70. The van der Waals surface area contributed by atoms with Gasteiger partial charge >= 0.3 is 5.63 Å². The number of piperidine rings is 1. The first kappa shape index (κ1) is 21.5. The molecule has 0 saturated carbocycles. The summed E-state index contributed by atoms with van der Waals surface area (Å²) in [5, 5.41) is 10.9. The van der Waals surface area contributed by atoms with Crippen LogP contribution in [-0.4, -0.2) is 43.8 Å². The molecule has 166 valence electrons. The van der Waals surface area contributed by atoms with Gasteiger partial charge in [0.2, 0.25) is 10.0 Å². The third kappa shape index (κ3) is 4.33. The molecule has 0 bridgehead atoms. The van der Waals surface area contributed by atoms with E-state index in [1.807, 2.05) is 6.07 Å². The first-order valence-electron chi connectivity index (χ1n) is 10.1. The van der Waals surface area contributed by atoms with E-state index in [1.165, 1.54) is 17.5 Å². The molecule has 3 heterocycles. The van der Waals surface area contributed by atoms with Gasteiger partial charge in [0, 0.05) is 30.0 Å². The molecule has 9 heteroatoms. The van der Waals surface area contributed by atoms with E-state index in [-0.39, 0.29) is 23.0 Å². The minimum absolute atomic E-state index is 0.105. The maximum absolute atomic E-state index is 11.9. The van der Waals surface area contributed by atoms with Gasteiger partial charge in [-0.3, -0.25) is 0 Å². The van der Waals surface area contributed by atoms with Crippen LogP contribution in [0.15, 0.2) is 37.9 Å². The minimum Gasteiger partial charge on any atom is -0.507 e. The van der Waals surface area contributed by atoms with Crippen LogP contribution in [0.2, 0.25) is 0 Å². The molecule has 1 unspecified atom stereocenters. The Kier molecular flexibility index (Phi) is 5.57. The smallest absolute Gasteiger partial charge is 0.343 e. The second-order valence-corrected chi connectivity index (χ2v) is 10.1. The lowest BCUT2D eigenvalue weighted by Gasteiger charge is -2.30. The van der Waals surface area contributed by atoms with E-state index in [4.69, 9.17) is 13.6 Å². The van der Waals surface area contributed by atoms with Crippen LogP contribution in [0, 0.1) is 19.8 Å². The summed E-state index contributed by atoms with van der Waals surface area (Å²) >= 11 is 0. The lowest BCUT2D eigenvalue weighted by atomic mass is 10.0. The van der Waals surface area contributed by atoms with Crippen molar-refractivity contribution in [3.05, 3.63) is 45.8 Å². The van der Waals surface area contributed by atoms with Gasteiger partial charge < -0.3 is 18.7 Å². The number of rotatable bonds is 5. The fraction of sp³-hybridized carbons (Fsp3) is 0.409. The summed E-state index contributed by atoms with van der Waals surface area (Å²) in [6, 6.07) is 7.09. The molecule has 31 heavy (non-hydrogen) atoms. The van der Waals surface area contributed by atoms with Crippen molar-refractivity contribution >= 4 is 21.0 Å². The molecule has 1 aliphatic rings. The van der Waals surface area contributed by atoms with Crippen molar-refractivity contribution in [3.63, 3.8) is 0 Å². The molecule has 3 aromatic rings. The fourth-order valence-electron chi connectivity index (χ4n) is 3.87. The molecular weight excluding hydrogens is 422 g/mol. The van der Waals surface area contributed by atoms with Crippen LogP contribution >= 0.6 is 0 Å². The van der Waals surface area contributed by atoms with Crippen molar-refractivity contribution in [2.45, 2.75) is 26.7 Å². The zero-order valence-electron chi connectivity index (χ0n) is 17.7. The number of benzene rings is 1. The Morgan fingerprint density at radius 3 is 2.71 bits per heavy atom. The number of furan rings is 1. The summed E-state index contributed by atoms with van der Waals surface area (Å²) in [6.07, 6.45) is 2.97. The summed E-state index contributed by atoms with van der Waals surface area (Å²) < 4.78 is 42.2. The summed E-state index contributed by atoms with van der Waals surface area (Å²) in [5.41, 5.74) is 0.564. The Hall–Kier alpha value is -2.78. The molecule has 1 atom stereocenters. The molecular formula is C22H25NO7S. The van der Waals surface area contributed by atoms with E-state index < -0.39 is 15.6 Å². The number of ether oxygens (including phenoxy) is 1. The van der Waals surface area contributed by atoms with Crippen LogP contribution in [0.5, 0.6) is 11.5 Å². The highest BCUT2D eigenvalue weighted by molar-refractivity contribution is 7.88. The summed E-state index contributed by atoms with van der Waals surface area (Å²) in [7, 11) is -3.19. The van der Waals surface area contributed by atoms with Crippen LogP contribution < -0.4 is 10.4 Å². The van der Waals surface area contributed by atoms with Crippen molar-refractivity contribution in [1.82, 2.24) is 4.31 Å². The molecule has 0 aliphatic carbocycles. The average Bonchev–Trinajstić information content (AvgIpc) is 3.16. The molecule has 1 aromatic carbocycles. The maximum Gasteiger partial charge on any atom is 0.343 e. The minimum atomic E-state index is -3.19. The van der Waals surface area contributed by atoms with Crippen LogP contribution in [-0.2, 0) is 10.0 Å². The van der Waals surface area contributed by atoms with Crippen molar-refractivity contribution in [3.8, 4) is 23.0 Å². The van der Waals surface area contributed by atoms with Crippen molar-refractivity contribution in [2.24, 2.45) is 5.92 Å². The monoisotopic (exact) mass is 447 g/mol. The van der Waals surface area contributed by atoms with E-state index in [0.717, 1.165) is 18.2 Å². The first-order valence-corrected chi connectivity index (χ1v) is 11.9. The molecule has 1 aliphatic heterocycles. The van der Waals surface area contributed by atoms with Gasteiger partial charge in [-0.1, -0.05) is 0 Å². The fourth-order valence-corrected chi connectivity index (χ4v) is 4.81. The summed E-state index contributed by atoms with van der Waals surface area (Å²) in [4.78, 5) is 11.9.